The molecule has 1 amide bonds. The number of rotatable bonds is 5. The predicted octanol–water partition coefficient (Wildman–Crippen LogP) is 3.43. The van der Waals surface area contributed by atoms with Crippen molar-refractivity contribution >= 4 is 27.3 Å². The lowest BCUT2D eigenvalue weighted by Crippen LogP contribution is -2.41. The van der Waals surface area contributed by atoms with Crippen LogP contribution in [-0.2, 0) is 9.84 Å². The molecular weight excluding hydrogens is 414 g/mol. The molecule has 0 bridgehead atoms. The molecule has 0 saturated carbocycles. The Morgan fingerprint density at radius 1 is 1.31 bits per heavy atom. The Kier molecular flexibility index (Phi) is 5.23. The zero-order chi connectivity index (χ0) is 20.6. The number of benzene rings is 1. The second-order valence-electron chi connectivity index (χ2n) is 6.93. The SMILES string of the molecule is CCN(C(=O)c1cc(-c2ccco2)n(-c2ccc(Cl)cc2)n1)C1CCS(=O)(=O)C1. The highest BCUT2D eigenvalue weighted by Crippen LogP contribution is 2.27. The van der Waals surface area contributed by atoms with Crippen LogP contribution in [0.15, 0.2) is 53.1 Å². The van der Waals surface area contributed by atoms with E-state index in [1.807, 2.05) is 6.92 Å². The molecule has 0 spiro atoms. The first kappa shape index (κ1) is 19.7. The van der Waals surface area contributed by atoms with Crippen LogP contribution in [0.5, 0.6) is 0 Å². The van der Waals surface area contributed by atoms with Gasteiger partial charge in [-0.1, -0.05) is 11.6 Å². The smallest absolute Gasteiger partial charge is 0.274 e. The first-order valence-electron chi connectivity index (χ1n) is 9.29. The van der Waals surface area contributed by atoms with Crippen LogP contribution < -0.4 is 0 Å². The standard InChI is InChI=1S/C20H20ClN3O4S/c1-2-23(16-9-11-29(26,27)13-16)20(25)17-12-18(19-4-3-10-28-19)24(22-17)15-7-5-14(21)6-8-15/h3-8,10,12,16H,2,9,11,13H2,1H3. The lowest BCUT2D eigenvalue weighted by atomic mass is 10.2. The van der Waals surface area contributed by atoms with Crippen LogP contribution in [-0.4, -0.2) is 53.1 Å². The van der Waals surface area contributed by atoms with Crippen molar-refractivity contribution in [2.75, 3.05) is 18.1 Å². The Morgan fingerprint density at radius 3 is 2.66 bits per heavy atom. The number of aromatic nitrogens is 2. The molecule has 0 aliphatic carbocycles. The fourth-order valence-corrected chi connectivity index (χ4v) is 5.46. The van der Waals surface area contributed by atoms with Gasteiger partial charge in [-0.25, -0.2) is 13.1 Å². The normalized spacial score (nSPS) is 18.1. The number of sulfone groups is 1. The van der Waals surface area contributed by atoms with E-state index in [1.165, 1.54) is 0 Å². The van der Waals surface area contributed by atoms with Gasteiger partial charge in [-0.2, -0.15) is 5.10 Å². The molecule has 7 nitrogen and oxygen atoms in total. The fourth-order valence-electron chi connectivity index (χ4n) is 3.60. The van der Waals surface area contributed by atoms with Crippen LogP contribution in [0.25, 0.3) is 17.1 Å². The number of amides is 1. The summed E-state index contributed by atoms with van der Waals surface area (Å²) in [5, 5.41) is 5.11. The van der Waals surface area contributed by atoms with Gasteiger partial charge in [0, 0.05) is 23.7 Å². The number of hydrogen-bond donors (Lipinski definition) is 0. The van der Waals surface area contributed by atoms with Crippen molar-refractivity contribution < 1.29 is 17.6 Å². The molecule has 152 valence electrons. The highest BCUT2D eigenvalue weighted by molar-refractivity contribution is 7.91. The summed E-state index contributed by atoms with van der Waals surface area (Å²) in [6.07, 6.45) is 2.00. The summed E-state index contributed by atoms with van der Waals surface area (Å²) < 4.78 is 30.9. The number of halogens is 1. The molecule has 0 N–H and O–H groups in total. The van der Waals surface area contributed by atoms with Gasteiger partial charge in [0.1, 0.15) is 5.69 Å². The van der Waals surface area contributed by atoms with Crippen molar-refractivity contribution in [2.45, 2.75) is 19.4 Å². The molecule has 0 radical (unpaired) electrons. The van der Waals surface area contributed by atoms with Gasteiger partial charge in [-0.15, -0.1) is 0 Å². The van der Waals surface area contributed by atoms with E-state index >= 15 is 0 Å². The highest BCUT2D eigenvalue weighted by Gasteiger charge is 2.35. The van der Waals surface area contributed by atoms with Crippen molar-refractivity contribution in [1.82, 2.24) is 14.7 Å². The first-order valence-corrected chi connectivity index (χ1v) is 11.5. The summed E-state index contributed by atoms with van der Waals surface area (Å²) >= 11 is 5.99. The summed E-state index contributed by atoms with van der Waals surface area (Å²) in [5.41, 5.74) is 1.58. The summed E-state index contributed by atoms with van der Waals surface area (Å²) in [5.74, 6) is 0.376. The number of furan rings is 1. The van der Waals surface area contributed by atoms with E-state index in [4.69, 9.17) is 16.0 Å². The Bertz CT molecular complexity index is 1120. The van der Waals surface area contributed by atoms with Gasteiger partial charge in [0.05, 0.1) is 23.5 Å². The molecule has 4 rings (SSSR count). The van der Waals surface area contributed by atoms with Crippen LogP contribution in [0.1, 0.15) is 23.8 Å². The monoisotopic (exact) mass is 433 g/mol. The average Bonchev–Trinajstić information content (AvgIpc) is 3.42. The van der Waals surface area contributed by atoms with Crippen LogP contribution >= 0.6 is 11.6 Å². The quantitative estimate of drug-likeness (QED) is 0.615. The predicted molar refractivity (Wildman–Crippen MR) is 110 cm³/mol. The molecule has 2 aromatic heterocycles. The third kappa shape index (κ3) is 3.95. The van der Waals surface area contributed by atoms with E-state index < -0.39 is 9.84 Å². The Hall–Kier alpha value is -2.58. The van der Waals surface area contributed by atoms with Gasteiger partial charge in [-0.05, 0) is 49.7 Å². The largest absolute Gasteiger partial charge is 0.463 e. The molecule has 1 aliphatic heterocycles. The average molecular weight is 434 g/mol. The van der Waals surface area contributed by atoms with Gasteiger partial charge in [0.15, 0.2) is 21.3 Å². The zero-order valence-electron chi connectivity index (χ0n) is 15.8. The molecule has 1 aromatic carbocycles. The summed E-state index contributed by atoms with van der Waals surface area (Å²) in [4.78, 5) is 14.8. The molecule has 3 heterocycles. The molecule has 1 fully saturated rings. The van der Waals surface area contributed by atoms with E-state index in [1.54, 1.807) is 58.3 Å². The maximum atomic E-state index is 13.2. The summed E-state index contributed by atoms with van der Waals surface area (Å²) in [6.45, 7) is 2.25. The van der Waals surface area contributed by atoms with Crippen molar-refractivity contribution in [1.29, 1.82) is 0 Å². The van der Waals surface area contributed by atoms with Crippen molar-refractivity contribution in [3.8, 4) is 17.1 Å². The number of nitrogens with zero attached hydrogens (tertiary/aromatic N) is 3. The molecule has 3 aromatic rings. The van der Waals surface area contributed by atoms with Gasteiger partial charge >= 0.3 is 0 Å². The van der Waals surface area contributed by atoms with E-state index in [-0.39, 0.29) is 29.1 Å². The minimum absolute atomic E-state index is 0.00445. The van der Waals surface area contributed by atoms with Gasteiger partial charge in [0.25, 0.3) is 5.91 Å². The van der Waals surface area contributed by atoms with Crippen molar-refractivity contribution in [3.63, 3.8) is 0 Å². The molecule has 1 atom stereocenters. The Balaban J connectivity index is 1.73. The third-order valence-electron chi connectivity index (χ3n) is 5.02. The summed E-state index contributed by atoms with van der Waals surface area (Å²) in [6, 6.07) is 12.0. The molecule has 1 aliphatic rings. The third-order valence-corrected chi connectivity index (χ3v) is 7.03. The Labute approximate surface area is 173 Å². The van der Waals surface area contributed by atoms with Gasteiger partial charge < -0.3 is 9.32 Å². The van der Waals surface area contributed by atoms with Gasteiger partial charge in [-0.3, -0.25) is 4.79 Å². The molecular formula is C20H20ClN3O4S. The lowest BCUT2D eigenvalue weighted by molar-refractivity contribution is 0.0702. The van der Waals surface area contributed by atoms with E-state index in [0.29, 0.717) is 29.4 Å². The molecule has 29 heavy (non-hydrogen) atoms. The van der Waals surface area contributed by atoms with E-state index in [9.17, 15) is 13.2 Å². The topological polar surface area (TPSA) is 85.4 Å². The number of carbonyl (C=O) groups excluding carboxylic acids is 1. The van der Waals surface area contributed by atoms with Crippen LogP contribution in [0.2, 0.25) is 5.02 Å². The maximum Gasteiger partial charge on any atom is 0.274 e. The van der Waals surface area contributed by atoms with Crippen molar-refractivity contribution in [3.05, 3.63) is 59.4 Å². The lowest BCUT2D eigenvalue weighted by Gasteiger charge is -2.25. The molecule has 1 unspecified atom stereocenters. The first-order chi connectivity index (χ1) is 13.9. The van der Waals surface area contributed by atoms with Crippen LogP contribution in [0.4, 0.5) is 0 Å². The van der Waals surface area contributed by atoms with Crippen molar-refractivity contribution in [2.24, 2.45) is 0 Å². The van der Waals surface area contributed by atoms with Gasteiger partial charge in [0.2, 0.25) is 0 Å². The molecule has 9 heteroatoms. The van der Waals surface area contributed by atoms with E-state index in [0.717, 1.165) is 5.69 Å². The zero-order valence-corrected chi connectivity index (χ0v) is 17.4. The van der Waals surface area contributed by atoms with Crippen LogP contribution in [0.3, 0.4) is 0 Å². The maximum absolute atomic E-state index is 13.2. The minimum Gasteiger partial charge on any atom is -0.463 e. The van der Waals surface area contributed by atoms with E-state index in [2.05, 4.69) is 5.10 Å². The highest BCUT2D eigenvalue weighted by atomic mass is 35.5. The van der Waals surface area contributed by atoms with Crippen LogP contribution in [0, 0.1) is 0 Å². The number of carbonyl (C=O) groups is 1. The Morgan fingerprint density at radius 2 is 2.07 bits per heavy atom. The fraction of sp³-hybridized carbons (Fsp3) is 0.300. The second-order valence-corrected chi connectivity index (χ2v) is 9.59. The minimum atomic E-state index is -3.10. The molecule has 1 saturated heterocycles. The second kappa shape index (κ2) is 7.68. The number of hydrogen-bond acceptors (Lipinski definition) is 5. The summed E-state index contributed by atoms with van der Waals surface area (Å²) in [7, 11) is -3.10.